The normalized spacial score (nSPS) is 13.4. The predicted octanol–water partition coefficient (Wildman–Crippen LogP) is 17.8. The first kappa shape index (κ1) is 61.6. The second-order valence-corrected chi connectivity index (χ2v) is 21.4. The van der Waals surface area contributed by atoms with Gasteiger partial charge in [0.15, 0.2) is 46.0 Å². The monoisotopic (exact) mass is 1140 g/mol. The largest absolute Gasteiger partial charge is 0.489 e. The molecule has 0 amide bonds. The number of hydrogen-bond acceptors (Lipinski definition) is 12. The summed E-state index contributed by atoms with van der Waals surface area (Å²) >= 11 is 0. The minimum atomic E-state index is 0.223. The summed E-state index contributed by atoms with van der Waals surface area (Å²) < 4.78 is 82.8. The van der Waals surface area contributed by atoms with E-state index in [-0.39, 0.29) is 52.9 Å². The first-order valence-corrected chi connectivity index (χ1v) is 31.0. The second-order valence-electron chi connectivity index (χ2n) is 21.4. The number of fused-ring (bicyclic) bond motifs is 12. The Kier molecular flexibility index (Phi) is 22.9. The van der Waals surface area contributed by atoms with E-state index in [9.17, 15) is 0 Å². The van der Waals surface area contributed by atoms with E-state index in [1.54, 1.807) is 0 Å². The molecule has 0 radical (unpaired) electrons. The van der Waals surface area contributed by atoms with Crippen LogP contribution in [-0.4, -0.2) is 52.9 Å². The van der Waals surface area contributed by atoms with Gasteiger partial charge in [-0.15, -0.1) is 0 Å². The Hall–Kier alpha value is -6.96. The molecular formula is C72H88O12. The van der Waals surface area contributed by atoms with Crippen LogP contribution in [0, 0.1) is 0 Å². The average Bonchev–Trinajstić information content (AvgIpc) is 3.52. The maximum absolute atomic E-state index is 7.03. The fraction of sp³-hybridized carbons (Fsp3) is 0.444. The summed E-state index contributed by atoms with van der Waals surface area (Å²) in [7, 11) is 0. The van der Waals surface area contributed by atoms with Crippen LogP contribution in [0.5, 0.6) is 46.0 Å². The third-order valence-electron chi connectivity index (χ3n) is 14.9. The molecule has 10 rings (SSSR count). The van der Waals surface area contributed by atoms with Crippen molar-refractivity contribution in [1.82, 2.24) is 0 Å². The Bertz CT molecular complexity index is 2770. The van der Waals surface area contributed by atoms with E-state index in [4.69, 9.17) is 56.8 Å². The van der Waals surface area contributed by atoms with Gasteiger partial charge in [-0.3, -0.25) is 0 Å². The molecule has 0 fully saturated rings. The molecule has 2 heterocycles. The molecule has 0 atom stereocenters. The molecule has 8 bridgehead atoms. The van der Waals surface area contributed by atoms with Crippen molar-refractivity contribution in [1.29, 1.82) is 0 Å². The Balaban J connectivity index is 1.27. The Labute approximate surface area is 497 Å². The van der Waals surface area contributed by atoms with Gasteiger partial charge in [0.2, 0.25) is 0 Å². The lowest BCUT2D eigenvalue weighted by molar-refractivity contribution is 0.0966. The molecule has 0 unspecified atom stereocenters. The molecule has 0 N–H and O–H groups in total. The summed E-state index contributed by atoms with van der Waals surface area (Å²) in [5, 5.41) is 7.98. The van der Waals surface area contributed by atoms with Crippen molar-refractivity contribution in [3.63, 3.8) is 0 Å². The molecule has 0 aromatic heterocycles. The summed E-state index contributed by atoms with van der Waals surface area (Å²) in [5.74, 6) is 5.29. The van der Waals surface area contributed by atoms with E-state index in [0.29, 0.717) is 98.9 Å². The molecule has 84 heavy (non-hydrogen) atoms. The van der Waals surface area contributed by atoms with E-state index >= 15 is 0 Å². The average molecular weight is 1150 g/mol. The molecule has 0 aliphatic carbocycles. The van der Waals surface area contributed by atoms with Crippen LogP contribution < -0.4 is 37.9 Å². The first-order valence-electron chi connectivity index (χ1n) is 31.0. The summed E-state index contributed by atoms with van der Waals surface area (Å²) in [4.78, 5) is 0. The zero-order valence-electron chi connectivity index (χ0n) is 51.1. The lowest BCUT2D eigenvalue weighted by Gasteiger charge is -2.25. The number of benzene rings is 8. The highest BCUT2D eigenvalue weighted by Gasteiger charge is 2.29. The van der Waals surface area contributed by atoms with Crippen LogP contribution in [0.1, 0.15) is 151 Å². The van der Waals surface area contributed by atoms with Crippen molar-refractivity contribution in [2.75, 3.05) is 52.9 Å². The Morgan fingerprint density at radius 2 is 0.333 bits per heavy atom. The molecular weight excluding hydrogens is 1060 g/mol. The summed E-state index contributed by atoms with van der Waals surface area (Å²) in [6.07, 6.45) is 6.40. The first-order chi connectivity index (χ1) is 41.5. The van der Waals surface area contributed by atoms with Gasteiger partial charge in [0.1, 0.15) is 0 Å². The zero-order chi connectivity index (χ0) is 58.6. The fourth-order valence-corrected chi connectivity index (χ4v) is 11.1. The van der Waals surface area contributed by atoms with E-state index < -0.39 is 0 Å². The molecule has 8 aromatic rings. The van der Waals surface area contributed by atoms with E-state index in [1.807, 2.05) is 0 Å². The van der Waals surface area contributed by atoms with Crippen LogP contribution in [0.3, 0.4) is 0 Å². The van der Waals surface area contributed by atoms with Crippen molar-refractivity contribution in [2.24, 2.45) is 0 Å². The molecule has 2 aliphatic heterocycles. The zero-order valence-corrected chi connectivity index (χ0v) is 51.1. The fourth-order valence-electron chi connectivity index (χ4n) is 11.1. The van der Waals surface area contributed by atoms with Gasteiger partial charge in [0, 0.05) is 44.5 Å². The van der Waals surface area contributed by atoms with Crippen molar-refractivity contribution in [3.05, 3.63) is 142 Å². The second kappa shape index (κ2) is 31.3. The van der Waals surface area contributed by atoms with Crippen molar-refractivity contribution in [2.45, 2.75) is 160 Å². The summed E-state index contributed by atoms with van der Waals surface area (Å²) in [6.45, 7) is 22.6. The minimum Gasteiger partial charge on any atom is -0.489 e. The molecule has 12 nitrogen and oxygen atoms in total. The van der Waals surface area contributed by atoms with Gasteiger partial charge < -0.3 is 56.8 Å². The molecule has 448 valence electrons. The predicted molar refractivity (Wildman–Crippen MR) is 336 cm³/mol. The Morgan fingerprint density at radius 1 is 0.214 bits per heavy atom. The van der Waals surface area contributed by atoms with Crippen LogP contribution in [0.4, 0.5) is 0 Å². The SMILES string of the molecule is CCCOc1c(OCCC)c2c3ccccc3c1COCc1c(OCCC)c(OCCC)c(c3ccccc13)COCc1c(OCCC)c(OCCC)c(c3ccccc13)COCc1c(OCCC)c(OCCC)c(c3ccccc13)COC2. The van der Waals surface area contributed by atoms with Crippen molar-refractivity contribution < 1.29 is 56.8 Å². The summed E-state index contributed by atoms with van der Waals surface area (Å²) in [5.41, 5.74) is 7.21. The Morgan fingerprint density at radius 3 is 0.440 bits per heavy atom. The number of hydrogen-bond donors (Lipinski definition) is 0. The number of ether oxygens (including phenoxy) is 12. The van der Waals surface area contributed by atoms with Crippen molar-refractivity contribution >= 4 is 43.1 Å². The third-order valence-corrected chi connectivity index (χ3v) is 14.9. The van der Waals surface area contributed by atoms with Gasteiger partial charge in [-0.25, -0.2) is 0 Å². The van der Waals surface area contributed by atoms with Crippen molar-refractivity contribution in [3.8, 4) is 46.0 Å². The molecule has 0 spiro atoms. The molecule has 0 saturated carbocycles. The number of rotatable bonds is 24. The maximum atomic E-state index is 7.03. The van der Waals surface area contributed by atoms with Crippen LogP contribution in [0.15, 0.2) is 97.1 Å². The van der Waals surface area contributed by atoms with Crippen LogP contribution in [-0.2, 0) is 71.8 Å². The van der Waals surface area contributed by atoms with E-state index in [0.717, 1.165) is 139 Å². The third kappa shape index (κ3) is 13.7. The molecule has 12 heteroatoms. The molecule has 0 saturated heterocycles. The quantitative estimate of drug-likeness (QED) is 0.0574. The van der Waals surface area contributed by atoms with Gasteiger partial charge >= 0.3 is 0 Å². The molecule has 8 aromatic carbocycles. The minimum absolute atomic E-state index is 0.223. The highest BCUT2D eigenvalue weighted by molar-refractivity contribution is 5.97. The van der Waals surface area contributed by atoms with Gasteiger partial charge in [0.05, 0.1) is 106 Å². The van der Waals surface area contributed by atoms with Gasteiger partial charge in [-0.1, -0.05) is 152 Å². The van der Waals surface area contributed by atoms with Crippen LogP contribution in [0.25, 0.3) is 43.1 Å². The topological polar surface area (TPSA) is 111 Å². The van der Waals surface area contributed by atoms with Gasteiger partial charge in [-0.2, -0.15) is 0 Å². The lowest BCUT2D eigenvalue weighted by Crippen LogP contribution is -2.12. The summed E-state index contributed by atoms with van der Waals surface area (Å²) in [6, 6.07) is 33.7. The van der Waals surface area contributed by atoms with E-state index in [1.165, 1.54) is 0 Å². The lowest BCUT2D eigenvalue weighted by atomic mass is 9.96. The maximum Gasteiger partial charge on any atom is 0.167 e. The van der Waals surface area contributed by atoms with E-state index in [2.05, 4.69) is 152 Å². The van der Waals surface area contributed by atoms with Crippen LogP contribution in [0.2, 0.25) is 0 Å². The standard InChI is InChI=1S/C72H88O12/c1-9-33-77-65-57-41-73-43-59-51-27-19-20-28-52(51)61(69(81-37-13-5)67(59)79-35-11-3)45-75-47-63-55-31-23-24-32-56(55)64(72(84-40-16-8)71(63)83-39-15-7)48-76-46-62-54-30-22-21-29-53(54)60(68(80-36-12-4)70(62)82-38-14-6)44-74-42-58(66(65)78-34-10-2)50-26-18-17-25-49(50)57/h17-32H,9-16,33-48H2,1-8H3. The van der Waals surface area contributed by atoms with Gasteiger partial charge in [-0.05, 0) is 94.5 Å². The van der Waals surface area contributed by atoms with Gasteiger partial charge in [0.25, 0.3) is 0 Å². The smallest absolute Gasteiger partial charge is 0.167 e. The highest BCUT2D eigenvalue weighted by Crippen LogP contribution is 2.49. The van der Waals surface area contributed by atoms with Crippen LogP contribution >= 0.6 is 0 Å². The highest BCUT2D eigenvalue weighted by atomic mass is 16.5. The molecule has 2 aliphatic rings.